The minimum Gasteiger partial charge on any atom is -0.744 e. The fourth-order valence-electron chi connectivity index (χ4n) is 2.06. The number of benzene rings is 2. The minimum atomic E-state index is -4.44. The van der Waals surface area contributed by atoms with Crippen LogP contribution in [0.2, 0.25) is 0 Å². The van der Waals surface area contributed by atoms with Crippen molar-refractivity contribution in [2.75, 3.05) is 0 Å². The molecule has 2 aromatic carbocycles. The average Bonchev–Trinajstić information content (AvgIpc) is 2.55. The number of aromatic nitrogens is 1. The Balaban J connectivity index is 0.000000185. The summed E-state index contributed by atoms with van der Waals surface area (Å²) in [6, 6.07) is 18.6. The second kappa shape index (κ2) is 7.32. The number of para-hydroxylation sites is 1. The molecule has 0 saturated carbocycles. The van der Waals surface area contributed by atoms with E-state index in [0.717, 1.165) is 0 Å². The first-order chi connectivity index (χ1) is 10.9. The Kier molecular flexibility index (Phi) is 5.44. The van der Waals surface area contributed by atoms with Gasteiger partial charge in [-0.05, 0) is 19.1 Å². The van der Waals surface area contributed by atoms with Crippen molar-refractivity contribution in [1.29, 1.82) is 0 Å². The molecule has 0 aliphatic heterocycles. The Hall–Kier alpha value is -2.28. The highest BCUT2D eigenvalue weighted by Gasteiger charge is 2.06. The normalized spacial score (nSPS) is 12.3. The molecule has 3 N–H and O–H groups in total. The van der Waals surface area contributed by atoms with Crippen LogP contribution in [0.1, 0.15) is 18.5 Å². The quantitative estimate of drug-likeness (QED) is 0.728. The van der Waals surface area contributed by atoms with Gasteiger partial charge in [-0.2, -0.15) is 0 Å². The van der Waals surface area contributed by atoms with E-state index in [1.54, 1.807) is 18.2 Å². The number of rotatable bonds is 2. The summed E-state index contributed by atoms with van der Waals surface area (Å²) in [6.45, 7) is 2.09. The van der Waals surface area contributed by atoms with Gasteiger partial charge in [0.2, 0.25) is 0 Å². The molecule has 0 fully saturated rings. The van der Waals surface area contributed by atoms with Gasteiger partial charge >= 0.3 is 0 Å². The molecular weight excluding hydrogens is 312 g/mol. The Labute approximate surface area is 135 Å². The molecule has 23 heavy (non-hydrogen) atoms. The molecule has 0 spiro atoms. The molecule has 1 aromatic heterocycles. The number of pyridine rings is 1. The van der Waals surface area contributed by atoms with Crippen LogP contribution >= 0.6 is 0 Å². The lowest BCUT2D eigenvalue weighted by molar-refractivity contribution is -0.420. The van der Waals surface area contributed by atoms with Crippen LogP contribution in [0.15, 0.2) is 71.8 Å². The van der Waals surface area contributed by atoms with Crippen molar-refractivity contribution in [2.24, 2.45) is 0 Å². The first kappa shape index (κ1) is 17.1. The number of quaternary nitrogens is 1. The zero-order chi connectivity index (χ0) is 16.9. The van der Waals surface area contributed by atoms with Crippen molar-refractivity contribution in [3.63, 3.8) is 0 Å². The maximum atomic E-state index is 10.9. The summed E-state index contributed by atoms with van der Waals surface area (Å²) >= 11 is 0. The number of hydrogen-bond acceptors (Lipinski definition) is 4. The third-order valence-electron chi connectivity index (χ3n) is 3.23. The van der Waals surface area contributed by atoms with Gasteiger partial charge in [-0.3, -0.25) is 4.98 Å². The van der Waals surface area contributed by atoms with Crippen molar-refractivity contribution in [3.8, 4) is 0 Å². The molecule has 3 rings (SSSR count). The third kappa shape index (κ3) is 4.59. The number of nitrogens with zero attached hydrogens (tertiary/aromatic N) is 1. The van der Waals surface area contributed by atoms with Crippen molar-refractivity contribution < 1.29 is 18.7 Å². The van der Waals surface area contributed by atoms with Gasteiger partial charge < -0.3 is 10.3 Å². The second-order valence-electron chi connectivity index (χ2n) is 5.10. The van der Waals surface area contributed by atoms with Gasteiger partial charge in [0.15, 0.2) is 0 Å². The van der Waals surface area contributed by atoms with E-state index < -0.39 is 10.1 Å². The van der Waals surface area contributed by atoms with E-state index in [9.17, 15) is 13.0 Å². The molecule has 1 atom stereocenters. The fourth-order valence-corrected chi connectivity index (χ4v) is 2.71. The van der Waals surface area contributed by atoms with Gasteiger partial charge in [-0.15, -0.1) is 0 Å². The van der Waals surface area contributed by atoms with E-state index in [2.05, 4.69) is 29.8 Å². The van der Waals surface area contributed by atoms with Crippen molar-refractivity contribution in [1.82, 2.24) is 4.98 Å². The minimum absolute atomic E-state index is 0.227. The van der Waals surface area contributed by atoms with E-state index >= 15 is 0 Å². The summed E-state index contributed by atoms with van der Waals surface area (Å²) < 4.78 is 32.6. The predicted octanol–water partition coefficient (Wildman–Crippen LogP) is 2.13. The SMILES string of the molecule is CC([NH3+])c1ccccc1.O=S(=O)([O-])c1cccc2cccnc12. The molecule has 0 bridgehead atoms. The molecule has 1 unspecified atom stereocenters. The van der Waals surface area contributed by atoms with Crippen molar-refractivity contribution in [2.45, 2.75) is 17.9 Å². The Bertz CT molecular complexity index is 873. The smallest absolute Gasteiger partial charge is 0.126 e. The van der Waals surface area contributed by atoms with E-state index in [1.807, 2.05) is 18.2 Å². The molecule has 0 radical (unpaired) electrons. The van der Waals surface area contributed by atoms with Crippen LogP contribution in [0.25, 0.3) is 10.9 Å². The van der Waals surface area contributed by atoms with Crippen LogP contribution in [-0.2, 0) is 10.1 Å². The highest BCUT2D eigenvalue weighted by molar-refractivity contribution is 7.86. The first-order valence-corrected chi connectivity index (χ1v) is 8.48. The van der Waals surface area contributed by atoms with Crippen LogP contribution in [0, 0.1) is 0 Å². The van der Waals surface area contributed by atoms with Gasteiger partial charge in [0.1, 0.15) is 16.2 Å². The molecule has 1 heterocycles. The molecule has 0 aliphatic carbocycles. The van der Waals surface area contributed by atoms with Crippen LogP contribution < -0.4 is 5.73 Å². The van der Waals surface area contributed by atoms with E-state index in [-0.39, 0.29) is 10.4 Å². The van der Waals surface area contributed by atoms with Crippen LogP contribution in [0.3, 0.4) is 0 Å². The third-order valence-corrected chi connectivity index (χ3v) is 4.10. The second-order valence-corrected chi connectivity index (χ2v) is 6.45. The van der Waals surface area contributed by atoms with E-state index in [4.69, 9.17) is 0 Å². The maximum Gasteiger partial charge on any atom is 0.126 e. The molecule has 120 valence electrons. The van der Waals surface area contributed by atoms with Gasteiger partial charge in [0.25, 0.3) is 0 Å². The van der Waals surface area contributed by atoms with Gasteiger partial charge in [0, 0.05) is 17.1 Å². The zero-order valence-electron chi connectivity index (χ0n) is 12.7. The highest BCUT2D eigenvalue weighted by Crippen LogP contribution is 2.19. The molecule has 0 saturated heterocycles. The maximum absolute atomic E-state index is 10.9. The average molecular weight is 330 g/mol. The Morgan fingerprint density at radius 3 is 2.22 bits per heavy atom. The Morgan fingerprint density at radius 1 is 1.00 bits per heavy atom. The van der Waals surface area contributed by atoms with Gasteiger partial charge in [-0.25, -0.2) is 8.42 Å². The molecule has 0 amide bonds. The lowest BCUT2D eigenvalue weighted by atomic mass is 10.1. The number of hydrogen-bond donors (Lipinski definition) is 1. The summed E-state index contributed by atoms with van der Waals surface area (Å²) in [4.78, 5) is 3.60. The summed E-state index contributed by atoms with van der Waals surface area (Å²) in [5.41, 5.74) is 5.44. The largest absolute Gasteiger partial charge is 0.744 e. The lowest BCUT2D eigenvalue weighted by Gasteiger charge is -2.08. The summed E-state index contributed by atoms with van der Waals surface area (Å²) in [5.74, 6) is 0. The summed E-state index contributed by atoms with van der Waals surface area (Å²) in [6.07, 6.45) is 1.46. The van der Waals surface area contributed by atoms with Crippen molar-refractivity contribution >= 4 is 21.0 Å². The monoisotopic (exact) mass is 330 g/mol. The first-order valence-electron chi connectivity index (χ1n) is 7.07. The number of fused-ring (bicyclic) bond motifs is 1. The predicted molar refractivity (Wildman–Crippen MR) is 87.5 cm³/mol. The van der Waals surface area contributed by atoms with Gasteiger partial charge in [0.05, 0.1) is 10.4 Å². The summed E-state index contributed by atoms with van der Waals surface area (Å²) in [7, 11) is -4.44. The van der Waals surface area contributed by atoms with E-state index in [1.165, 1.54) is 23.9 Å². The summed E-state index contributed by atoms with van der Waals surface area (Å²) in [5, 5.41) is 0.643. The molecule has 5 nitrogen and oxygen atoms in total. The molecule has 3 aromatic rings. The molecular formula is C17H18N2O3S. The van der Waals surface area contributed by atoms with Crippen molar-refractivity contribution in [3.05, 3.63) is 72.4 Å². The Morgan fingerprint density at radius 2 is 1.65 bits per heavy atom. The van der Waals surface area contributed by atoms with E-state index in [0.29, 0.717) is 11.4 Å². The highest BCUT2D eigenvalue weighted by atomic mass is 32.2. The fraction of sp³-hybridized carbons (Fsp3) is 0.118. The molecule has 6 heteroatoms. The zero-order valence-corrected chi connectivity index (χ0v) is 13.5. The molecule has 0 aliphatic rings. The topological polar surface area (TPSA) is 97.7 Å². The van der Waals surface area contributed by atoms with Crippen LogP contribution in [0.5, 0.6) is 0 Å². The standard InChI is InChI=1S/C9H7NO3S.C8H11N/c11-14(12,13)8-5-1-3-7-4-2-6-10-9(7)8;1-7(9)8-5-3-2-4-6-8/h1-6H,(H,11,12,13);2-7H,9H2,1H3. The van der Waals surface area contributed by atoms with Crippen LogP contribution in [0.4, 0.5) is 0 Å². The lowest BCUT2D eigenvalue weighted by Crippen LogP contribution is -2.51. The van der Waals surface area contributed by atoms with Crippen LogP contribution in [-0.4, -0.2) is 18.0 Å². The van der Waals surface area contributed by atoms with Gasteiger partial charge in [-0.1, -0.05) is 48.5 Å².